The largest absolute Gasteiger partial charge is 0.393 e. The number of ketones is 2. The quantitative estimate of drug-likeness (QED) is 0.750. The maximum Gasteiger partial charge on any atom is 0.162 e. The molecule has 0 bridgehead atoms. The molecule has 0 spiro atoms. The Hall–Kier alpha value is -1.33. The highest BCUT2D eigenvalue weighted by molar-refractivity contribution is 5.91. The minimum atomic E-state index is -0.831. The van der Waals surface area contributed by atoms with Crippen molar-refractivity contribution in [1.82, 2.24) is 0 Å². The van der Waals surface area contributed by atoms with Gasteiger partial charge in [-0.05, 0) is 67.8 Å². The highest BCUT2D eigenvalue weighted by atomic mass is 16.3. The Balaban J connectivity index is 1.74. The summed E-state index contributed by atoms with van der Waals surface area (Å²) in [6, 6.07) is 0. The molecule has 0 amide bonds. The predicted octanol–water partition coefficient (Wildman–Crippen LogP) is 1.85. The number of fused-ring (bicyclic) bond motifs is 5. The lowest BCUT2D eigenvalue weighted by Crippen LogP contribution is -2.58. The normalized spacial score (nSPS) is 47.4. The molecule has 0 aromatic rings. The Morgan fingerprint density at radius 1 is 1.31 bits per heavy atom. The van der Waals surface area contributed by atoms with Gasteiger partial charge in [-0.1, -0.05) is 12.5 Å². The van der Waals surface area contributed by atoms with E-state index in [1.807, 2.05) is 0 Å². The summed E-state index contributed by atoms with van der Waals surface area (Å²) < 4.78 is 0. The topological polar surface area (TPSA) is 91.7 Å². The van der Waals surface area contributed by atoms with Gasteiger partial charge in [0.2, 0.25) is 0 Å². The molecule has 0 aliphatic heterocycles. The molecule has 3 saturated carbocycles. The van der Waals surface area contributed by atoms with Gasteiger partial charge in [-0.25, -0.2) is 0 Å². The van der Waals surface area contributed by atoms with Crippen LogP contribution in [0.25, 0.3) is 0 Å². The Bertz CT molecular complexity index is 682. The molecule has 0 radical (unpaired) electrons. The zero-order valence-electron chi connectivity index (χ0n) is 15.3. The van der Waals surface area contributed by atoms with E-state index in [9.17, 15) is 24.6 Å². The van der Waals surface area contributed by atoms with Crippen LogP contribution in [0.1, 0.15) is 51.9 Å². The molecule has 142 valence electrons. The van der Waals surface area contributed by atoms with Crippen molar-refractivity contribution in [3.63, 3.8) is 0 Å². The molecule has 0 saturated heterocycles. The van der Waals surface area contributed by atoms with Gasteiger partial charge in [-0.15, -0.1) is 0 Å². The number of carbonyl (C=O) groups excluding carboxylic acids is 3. The highest BCUT2D eigenvalue weighted by Gasteiger charge is 2.64. The second-order valence-corrected chi connectivity index (χ2v) is 9.14. The van der Waals surface area contributed by atoms with Gasteiger partial charge in [-0.2, -0.15) is 0 Å². The Morgan fingerprint density at radius 3 is 2.77 bits per heavy atom. The smallest absolute Gasteiger partial charge is 0.162 e. The van der Waals surface area contributed by atoms with Crippen molar-refractivity contribution in [1.29, 1.82) is 0 Å². The summed E-state index contributed by atoms with van der Waals surface area (Å²) in [7, 11) is 0. The zero-order valence-corrected chi connectivity index (χ0v) is 15.3. The SMILES string of the molecule is C[C@]12CCC(=O)C=C1CC[C@H]1[C@@H]3CC[C@H](C(=O)CO)[C@@]3(C=O)CC(O)[C@@H]12. The molecule has 0 aromatic heterocycles. The standard InChI is InChI=1S/C21H28O5/c1-20-7-6-13(24)8-12(20)2-3-14-15-4-5-16(18(26)10-22)21(15,11-23)9-17(25)19(14)20/h8,11,14-17,19,22,25H,2-7,9-10H2,1H3/t14-,15-,16+,17?,19+,20-,21+/m0/s1. The van der Waals surface area contributed by atoms with Crippen LogP contribution in [-0.4, -0.2) is 40.8 Å². The molecular weight excluding hydrogens is 332 g/mol. The molecule has 1 unspecified atom stereocenters. The number of aliphatic hydroxyl groups is 2. The second-order valence-electron chi connectivity index (χ2n) is 9.14. The minimum absolute atomic E-state index is 0.0386. The van der Waals surface area contributed by atoms with E-state index in [2.05, 4.69) is 6.92 Å². The molecule has 5 heteroatoms. The summed E-state index contributed by atoms with van der Waals surface area (Å²) in [6.07, 6.45) is 6.75. The molecule has 7 atom stereocenters. The number of hydrogen-bond donors (Lipinski definition) is 2. The number of carbonyl (C=O) groups is 3. The van der Waals surface area contributed by atoms with Crippen LogP contribution >= 0.6 is 0 Å². The zero-order chi connectivity index (χ0) is 18.7. The van der Waals surface area contributed by atoms with E-state index in [0.717, 1.165) is 37.5 Å². The minimum Gasteiger partial charge on any atom is -0.393 e. The third-order valence-electron chi connectivity index (χ3n) is 8.27. The van der Waals surface area contributed by atoms with Crippen LogP contribution in [0.5, 0.6) is 0 Å². The van der Waals surface area contributed by atoms with Gasteiger partial charge < -0.3 is 15.0 Å². The average Bonchev–Trinajstić information content (AvgIpc) is 3.00. The van der Waals surface area contributed by atoms with Gasteiger partial charge >= 0.3 is 0 Å². The van der Waals surface area contributed by atoms with Crippen LogP contribution in [0.2, 0.25) is 0 Å². The molecule has 26 heavy (non-hydrogen) atoms. The summed E-state index contributed by atoms with van der Waals surface area (Å²) in [5.74, 6) is -0.241. The van der Waals surface area contributed by atoms with E-state index in [-0.39, 0.29) is 34.7 Å². The van der Waals surface area contributed by atoms with Crippen molar-refractivity contribution in [2.24, 2.45) is 34.5 Å². The van der Waals surface area contributed by atoms with Crippen molar-refractivity contribution >= 4 is 17.9 Å². The molecule has 2 N–H and O–H groups in total. The molecule has 0 heterocycles. The maximum absolute atomic E-state index is 12.3. The summed E-state index contributed by atoms with van der Waals surface area (Å²) >= 11 is 0. The van der Waals surface area contributed by atoms with Gasteiger partial charge in [-0.3, -0.25) is 9.59 Å². The van der Waals surface area contributed by atoms with Crippen molar-refractivity contribution in [3.05, 3.63) is 11.6 Å². The van der Waals surface area contributed by atoms with Crippen molar-refractivity contribution in [2.45, 2.75) is 58.0 Å². The van der Waals surface area contributed by atoms with Gasteiger partial charge in [0, 0.05) is 17.8 Å². The van der Waals surface area contributed by atoms with Gasteiger partial charge in [0.05, 0.1) is 6.10 Å². The number of hydrogen-bond acceptors (Lipinski definition) is 5. The third kappa shape index (κ3) is 2.26. The van der Waals surface area contributed by atoms with E-state index in [4.69, 9.17) is 0 Å². The monoisotopic (exact) mass is 360 g/mol. The molecule has 0 aromatic carbocycles. The van der Waals surface area contributed by atoms with Crippen molar-refractivity contribution in [2.75, 3.05) is 6.61 Å². The summed E-state index contributed by atoms with van der Waals surface area (Å²) in [6.45, 7) is 1.63. The van der Waals surface area contributed by atoms with Crippen LogP contribution in [0, 0.1) is 34.5 Å². The lowest BCUT2D eigenvalue weighted by molar-refractivity contribution is -0.157. The number of aldehydes is 1. The van der Waals surface area contributed by atoms with E-state index >= 15 is 0 Å². The highest BCUT2D eigenvalue weighted by Crippen LogP contribution is 2.66. The summed E-state index contributed by atoms with van der Waals surface area (Å²) in [5, 5.41) is 20.5. The number of Topliss-reactive ketones (excluding diaryl/α,β-unsaturated/α-hetero) is 1. The Morgan fingerprint density at radius 2 is 2.08 bits per heavy atom. The summed E-state index contributed by atoms with van der Waals surface area (Å²) in [5.41, 5.74) is 0.140. The third-order valence-corrected chi connectivity index (χ3v) is 8.27. The van der Waals surface area contributed by atoms with Crippen molar-refractivity contribution in [3.8, 4) is 0 Å². The summed E-state index contributed by atoms with van der Waals surface area (Å²) in [4.78, 5) is 36.4. The van der Waals surface area contributed by atoms with E-state index in [0.29, 0.717) is 19.3 Å². The first-order chi connectivity index (χ1) is 12.4. The van der Waals surface area contributed by atoms with Gasteiger partial charge in [0.1, 0.15) is 12.9 Å². The van der Waals surface area contributed by atoms with E-state index in [1.54, 1.807) is 6.08 Å². The number of rotatable bonds is 3. The Kier molecular flexibility index (Phi) is 4.23. The molecular formula is C21H28O5. The maximum atomic E-state index is 12.3. The van der Waals surface area contributed by atoms with Crippen molar-refractivity contribution < 1.29 is 24.6 Å². The molecule has 4 rings (SSSR count). The molecule has 4 aliphatic carbocycles. The van der Waals surface area contributed by atoms with Crippen LogP contribution in [0.3, 0.4) is 0 Å². The fourth-order valence-electron chi connectivity index (χ4n) is 7.18. The second kappa shape index (κ2) is 6.10. The lowest BCUT2D eigenvalue weighted by Gasteiger charge is -2.59. The Labute approximate surface area is 153 Å². The lowest BCUT2D eigenvalue weighted by atomic mass is 9.45. The van der Waals surface area contributed by atoms with E-state index in [1.165, 1.54) is 0 Å². The van der Waals surface area contributed by atoms with Gasteiger partial charge in [0.25, 0.3) is 0 Å². The predicted molar refractivity (Wildman–Crippen MR) is 94.1 cm³/mol. The van der Waals surface area contributed by atoms with Crippen LogP contribution < -0.4 is 0 Å². The number of aliphatic hydroxyl groups excluding tert-OH is 2. The van der Waals surface area contributed by atoms with E-state index < -0.39 is 24.0 Å². The molecule has 5 nitrogen and oxygen atoms in total. The first-order valence-electron chi connectivity index (χ1n) is 9.89. The first-order valence-corrected chi connectivity index (χ1v) is 9.89. The fraction of sp³-hybridized carbons (Fsp3) is 0.762. The molecule has 3 fully saturated rings. The van der Waals surface area contributed by atoms with Gasteiger partial charge in [0.15, 0.2) is 11.6 Å². The van der Waals surface area contributed by atoms with Crippen LogP contribution in [0.15, 0.2) is 11.6 Å². The van der Waals surface area contributed by atoms with Crippen LogP contribution in [0.4, 0.5) is 0 Å². The average molecular weight is 360 g/mol. The number of allylic oxidation sites excluding steroid dienone is 1. The first kappa shape index (κ1) is 18.1. The molecule has 4 aliphatic rings. The van der Waals surface area contributed by atoms with Crippen LogP contribution in [-0.2, 0) is 14.4 Å². The fourth-order valence-corrected chi connectivity index (χ4v) is 7.18.